The lowest BCUT2D eigenvalue weighted by atomic mass is 9.95. The lowest BCUT2D eigenvalue weighted by Crippen LogP contribution is -2.19. The summed E-state index contributed by atoms with van der Waals surface area (Å²) in [6.07, 6.45) is -9.46. The van der Waals surface area contributed by atoms with Crippen molar-refractivity contribution < 1.29 is 31.4 Å². The zero-order chi connectivity index (χ0) is 15.6. The maximum atomic E-state index is 12.8. The van der Waals surface area contributed by atoms with Gasteiger partial charge in [-0.25, -0.2) is 0 Å². The van der Waals surface area contributed by atoms with E-state index >= 15 is 0 Å². The van der Waals surface area contributed by atoms with Crippen LogP contribution in [-0.2, 0) is 12.4 Å². The Labute approximate surface area is 123 Å². The molecule has 0 heterocycles. The predicted octanol–water partition coefficient (Wildman–Crippen LogP) is 3.92. The SMILES string of the molecule is Cl.N[C@H](CCCO)c1cc(C(F)(F)F)ccc1C(F)(F)F. The largest absolute Gasteiger partial charge is 0.416 e. The van der Waals surface area contributed by atoms with E-state index in [0.29, 0.717) is 18.2 Å². The summed E-state index contributed by atoms with van der Waals surface area (Å²) < 4.78 is 76.0. The minimum Gasteiger partial charge on any atom is -0.396 e. The number of benzene rings is 1. The van der Waals surface area contributed by atoms with Gasteiger partial charge in [0.05, 0.1) is 11.1 Å². The van der Waals surface area contributed by atoms with Gasteiger partial charge < -0.3 is 10.8 Å². The first-order valence-corrected chi connectivity index (χ1v) is 5.72. The van der Waals surface area contributed by atoms with Crippen molar-refractivity contribution in [3.8, 4) is 0 Å². The Morgan fingerprint density at radius 1 is 1.05 bits per heavy atom. The molecule has 9 heteroatoms. The molecule has 0 aliphatic heterocycles. The molecule has 0 amide bonds. The maximum Gasteiger partial charge on any atom is 0.416 e. The molecule has 0 aliphatic carbocycles. The molecule has 0 fully saturated rings. The van der Waals surface area contributed by atoms with E-state index in [9.17, 15) is 26.3 Å². The van der Waals surface area contributed by atoms with Crippen molar-refractivity contribution in [1.29, 1.82) is 0 Å². The third-order valence-electron chi connectivity index (χ3n) is 2.76. The number of nitrogens with two attached hydrogens (primary N) is 1. The number of aliphatic hydroxyl groups is 1. The van der Waals surface area contributed by atoms with Gasteiger partial charge in [-0.05, 0) is 36.6 Å². The summed E-state index contributed by atoms with van der Waals surface area (Å²) in [5, 5.41) is 8.62. The Balaban J connectivity index is 0.00000400. The van der Waals surface area contributed by atoms with Crippen LogP contribution < -0.4 is 5.73 Å². The summed E-state index contributed by atoms with van der Waals surface area (Å²) in [7, 11) is 0. The summed E-state index contributed by atoms with van der Waals surface area (Å²) in [5.74, 6) is 0. The topological polar surface area (TPSA) is 46.2 Å². The zero-order valence-electron chi connectivity index (χ0n) is 10.6. The fourth-order valence-electron chi connectivity index (χ4n) is 1.77. The Bertz CT molecular complexity index is 460. The van der Waals surface area contributed by atoms with Crippen LogP contribution in [-0.4, -0.2) is 11.7 Å². The number of halogens is 7. The molecule has 0 unspecified atom stereocenters. The minimum atomic E-state index is -4.78. The second-order valence-corrected chi connectivity index (χ2v) is 4.27. The second-order valence-electron chi connectivity index (χ2n) is 4.27. The molecule has 0 saturated carbocycles. The van der Waals surface area contributed by atoms with Gasteiger partial charge in [-0.3, -0.25) is 0 Å². The third kappa shape index (κ3) is 5.37. The van der Waals surface area contributed by atoms with Crippen molar-refractivity contribution in [3.63, 3.8) is 0 Å². The molecular weight excluding hydrogens is 324 g/mol. The van der Waals surface area contributed by atoms with Gasteiger partial charge in [0, 0.05) is 12.6 Å². The molecule has 0 saturated heterocycles. The smallest absolute Gasteiger partial charge is 0.396 e. The molecule has 1 aromatic rings. The molecule has 1 rings (SSSR count). The summed E-state index contributed by atoms with van der Waals surface area (Å²) in [6.45, 7) is -0.298. The van der Waals surface area contributed by atoms with Gasteiger partial charge in [-0.2, -0.15) is 26.3 Å². The van der Waals surface area contributed by atoms with Gasteiger partial charge in [-0.1, -0.05) is 0 Å². The molecule has 1 aromatic carbocycles. The van der Waals surface area contributed by atoms with E-state index in [0.717, 1.165) is 0 Å². The van der Waals surface area contributed by atoms with E-state index in [1.807, 2.05) is 0 Å². The molecule has 0 radical (unpaired) electrons. The van der Waals surface area contributed by atoms with Crippen LogP contribution in [0.15, 0.2) is 18.2 Å². The fraction of sp³-hybridized carbons (Fsp3) is 0.500. The number of hydrogen-bond acceptors (Lipinski definition) is 2. The van der Waals surface area contributed by atoms with E-state index in [1.54, 1.807) is 0 Å². The van der Waals surface area contributed by atoms with Crippen LogP contribution >= 0.6 is 12.4 Å². The van der Waals surface area contributed by atoms with E-state index < -0.39 is 35.1 Å². The fourth-order valence-corrected chi connectivity index (χ4v) is 1.77. The summed E-state index contributed by atoms with van der Waals surface area (Å²) in [4.78, 5) is 0. The average molecular weight is 338 g/mol. The molecule has 122 valence electrons. The van der Waals surface area contributed by atoms with Gasteiger partial charge in [0.25, 0.3) is 0 Å². The highest BCUT2D eigenvalue weighted by atomic mass is 35.5. The van der Waals surface area contributed by atoms with Gasteiger partial charge in [-0.15, -0.1) is 12.4 Å². The van der Waals surface area contributed by atoms with Crippen LogP contribution in [0.4, 0.5) is 26.3 Å². The number of aliphatic hydroxyl groups excluding tert-OH is 1. The zero-order valence-corrected chi connectivity index (χ0v) is 11.4. The standard InChI is InChI=1S/C12H13F6NO.ClH/c13-11(14,15)7-3-4-9(12(16,17)18)8(6-7)10(19)2-1-5-20;/h3-4,6,10,20H,1-2,5,19H2;1H/t10-;/m1./s1. The Kier molecular flexibility index (Phi) is 6.98. The highest BCUT2D eigenvalue weighted by Gasteiger charge is 2.37. The molecule has 21 heavy (non-hydrogen) atoms. The van der Waals surface area contributed by atoms with Crippen molar-refractivity contribution in [2.45, 2.75) is 31.2 Å². The number of hydrogen-bond donors (Lipinski definition) is 2. The molecule has 0 bridgehead atoms. The van der Waals surface area contributed by atoms with Crippen molar-refractivity contribution in [1.82, 2.24) is 0 Å². The maximum absolute atomic E-state index is 12.8. The van der Waals surface area contributed by atoms with Crippen molar-refractivity contribution >= 4 is 12.4 Å². The normalized spacial score (nSPS) is 13.7. The Morgan fingerprint density at radius 2 is 1.62 bits per heavy atom. The minimum absolute atomic E-state index is 0. The molecule has 0 spiro atoms. The average Bonchev–Trinajstić information content (AvgIpc) is 2.33. The summed E-state index contributed by atoms with van der Waals surface area (Å²) >= 11 is 0. The monoisotopic (exact) mass is 337 g/mol. The van der Waals surface area contributed by atoms with Crippen LogP contribution in [0.5, 0.6) is 0 Å². The first-order valence-electron chi connectivity index (χ1n) is 5.72. The van der Waals surface area contributed by atoms with Gasteiger partial charge >= 0.3 is 12.4 Å². The number of rotatable bonds is 4. The molecule has 0 aromatic heterocycles. The predicted molar refractivity (Wildman–Crippen MR) is 66.9 cm³/mol. The molecular formula is C12H14ClF6NO. The first-order chi connectivity index (χ1) is 9.07. The molecule has 1 atom stereocenters. The Morgan fingerprint density at radius 3 is 2.05 bits per heavy atom. The second kappa shape index (κ2) is 7.33. The first kappa shape index (κ1) is 20.0. The van der Waals surface area contributed by atoms with Crippen molar-refractivity contribution in [2.75, 3.05) is 6.61 Å². The van der Waals surface area contributed by atoms with Gasteiger partial charge in [0.15, 0.2) is 0 Å². The number of alkyl halides is 6. The van der Waals surface area contributed by atoms with Gasteiger partial charge in [0.2, 0.25) is 0 Å². The van der Waals surface area contributed by atoms with Crippen LogP contribution in [0.2, 0.25) is 0 Å². The summed E-state index contributed by atoms with van der Waals surface area (Å²) in [5.41, 5.74) is 2.54. The van der Waals surface area contributed by atoms with Crippen LogP contribution in [0, 0.1) is 0 Å². The van der Waals surface area contributed by atoms with E-state index in [2.05, 4.69) is 0 Å². The van der Waals surface area contributed by atoms with Crippen molar-refractivity contribution in [2.24, 2.45) is 5.73 Å². The molecule has 0 aliphatic rings. The third-order valence-corrected chi connectivity index (χ3v) is 2.76. The summed E-state index contributed by atoms with van der Waals surface area (Å²) in [6, 6.07) is -0.0338. The molecule has 2 nitrogen and oxygen atoms in total. The van der Waals surface area contributed by atoms with E-state index in [4.69, 9.17) is 10.8 Å². The van der Waals surface area contributed by atoms with Crippen LogP contribution in [0.25, 0.3) is 0 Å². The Hall–Kier alpha value is -0.990. The van der Waals surface area contributed by atoms with Gasteiger partial charge in [0.1, 0.15) is 0 Å². The van der Waals surface area contributed by atoms with Crippen LogP contribution in [0.1, 0.15) is 35.6 Å². The highest BCUT2D eigenvalue weighted by molar-refractivity contribution is 5.85. The van der Waals surface area contributed by atoms with E-state index in [-0.39, 0.29) is 31.9 Å². The van der Waals surface area contributed by atoms with Crippen molar-refractivity contribution in [3.05, 3.63) is 34.9 Å². The lowest BCUT2D eigenvalue weighted by Gasteiger charge is -2.20. The molecule has 3 N–H and O–H groups in total. The lowest BCUT2D eigenvalue weighted by molar-refractivity contribution is -0.142. The van der Waals surface area contributed by atoms with Crippen LogP contribution in [0.3, 0.4) is 0 Å². The van der Waals surface area contributed by atoms with E-state index in [1.165, 1.54) is 0 Å². The quantitative estimate of drug-likeness (QED) is 0.818. The highest BCUT2D eigenvalue weighted by Crippen LogP contribution is 2.38.